The standard InChI is InChI=1S/C18H24N2O3S2/c1-12-2-8-15(9-3-12)25(22,23)16-10-6-14(7-11-16)19-18(24)20-17(21)13-4-5-13/h6-7,10-13,15H,2-5,8-9H2,1H3,(H2,19,20,21,24). The Balaban J connectivity index is 1.61. The third-order valence-corrected chi connectivity index (χ3v) is 7.51. The van der Waals surface area contributed by atoms with Gasteiger partial charge in [-0.15, -0.1) is 0 Å². The Morgan fingerprint density at radius 2 is 1.64 bits per heavy atom. The van der Waals surface area contributed by atoms with Gasteiger partial charge in [-0.3, -0.25) is 4.79 Å². The Labute approximate surface area is 154 Å². The molecule has 1 aromatic rings. The number of amides is 1. The van der Waals surface area contributed by atoms with Crippen molar-refractivity contribution in [3.63, 3.8) is 0 Å². The van der Waals surface area contributed by atoms with E-state index in [1.807, 2.05) is 0 Å². The molecule has 0 heterocycles. The normalized spacial score (nSPS) is 23.7. The van der Waals surface area contributed by atoms with Crippen LogP contribution in [0, 0.1) is 11.8 Å². The number of carbonyl (C=O) groups excluding carboxylic acids is 1. The molecule has 25 heavy (non-hydrogen) atoms. The van der Waals surface area contributed by atoms with Gasteiger partial charge < -0.3 is 10.6 Å². The van der Waals surface area contributed by atoms with Gasteiger partial charge in [-0.25, -0.2) is 8.42 Å². The molecule has 2 aliphatic carbocycles. The molecule has 2 aliphatic rings. The number of carbonyl (C=O) groups is 1. The summed E-state index contributed by atoms with van der Waals surface area (Å²) in [5.41, 5.74) is 0.664. The monoisotopic (exact) mass is 380 g/mol. The van der Waals surface area contributed by atoms with Crippen LogP contribution in [0.2, 0.25) is 0 Å². The second-order valence-electron chi connectivity index (χ2n) is 7.17. The Kier molecular flexibility index (Phi) is 5.43. The van der Waals surface area contributed by atoms with Gasteiger partial charge in [0.15, 0.2) is 14.9 Å². The highest BCUT2D eigenvalue weighted by Gasteiger charge is 2.31. The van der Waals surface area contributed by atoms with Gasteiger partial charge in [0, 0.05) is 11.6 Å². The molecule has 136 valence electrons. The van der Waals surface area contributed by atoms with E-state index in [-0.39, 0.29) is 22.2 Å². The number of sulfone groups is 1. The van der Waals surface area contributed by atoms with Gasteiger partial charge in [0.25, 0.3) is 0 Å². The van der Waals surface area contributed by atoms with Crippen molar-refractivity contribution in [3.05, 3.63) is 24.3 Å². The van der Waals surface area contributed by atoms with Crippen molar-refractivity contribution in [2.75, 3.05) is 5.32 Å². The summed E-state index contributed by atoms with van der Waals surface area (Å²) in [6, 6.07) is 6.60. The lowest BCUT2D eigenvalue weighted by atomic mass is 9.91. The predicted octanol–water partition coefficient (Wildman–Crippen LogP) is 3.26. The van der Waals surface area contributed by atoms with Gasteiger partial charge in [-0.05, 0) is 80.9 Å². The molecule has 0 saturated heterocycles. The first kappa shape index (κ1) is 18.3. The molecule has 2 fully saturated rings. The maximum absolute atomic E-state index is 12.8. The van der Waals surface area contributed by atoms with E-state index in [1.165, 1.54) is 0 Å². The van der Waals surface area contributed by atoms with E-state index < -0.39 is 9.84 Å². The van der Waals surface area contributed by atoms with Crippen molar-refractivity contribution >= 4 is 38.8 Å². The first-order valence-corrected chi connectivity index (χ1v) is 10.8. The molecular formula is C18H24N2O3S2. The van der Waals surface area contributed by atoms with Gasteiger partial charge >= 0.3 is 0 Å². The van der Waals surface area contributed by atoms with Crippen molar-refractivity contribution in [2.45, 2.75) is 55.6 Å². The number of anilines is 1. The fourth-order valence-corrected chi connectivity index (χ4v) is 5.19. The van der Waals surface area contributed by atoms with E-state index >= 15 is 0 Å². The number of rotatable bonds is 4. The molecule has 0 bridgehead atoms. The summed E-state index contributed by atoms with van der Waals surface area (Å²) >= 11 is 5.12. The fraction of sp³-hybridized carbons (Fsp3) is 0.556. The molecule has 5 nitrogen and oxygen atoms in total. The predicted molar refractivity (Wildman–Crippen MR) is 102 cm³/mol. The van der Waals surface area contributed by atoms with Crippen LogP contribution in [0.4, 0.5) is 5.69 Å². The highest BCUT2D eigenvalue weighted by Crippen LogP contribution is 2.32. The third-order valence-electron chi connectivity index (χ3n) is 5.03. The smallest absolute Gasteiger partial charge is 0.229 e. The second-order valence-corrected chi connectivity index (χ2v) is 9.81. The molecule has 3 rings (SSSR count). The molecule has 0 radical (unpaired) electrons. The highest BCUT2D eigenvalue weighted by atomic mass is 32.2. The molecule has 2 N–H and O–H groups in total. The second kappa shape index (κ2) is 7.41. The van der Waals surface area contributed by atoms with Crippen LogP contribution in [0.5, 0.6) is 0 Å². The number of benzene rings is 1. The molecule has 1 aromatic carbocycles. The Morgan fingerprint density at radius 3 is 2.20 bits per heavy atom. The van der Waals surface area contributed by atoms with E-state index in [1.54, 1.807) is 24.3 Å². The quantitative estimate of drug-likeness (QED) is 0.784. The molecule has 0 atom stereocenters. The van der Waals surface area contributed by atoms with E-state index in [0.29, 0.717) is 16.5 Å². The van der Waals surface area contributed by atoms with Gasteiger partial charge in [0.05, 0.1) is 10.1 Å². The summed E-state index contributed by atoms with van der Waals surface area (Å²) in [7, 11) is -3.28. The first-order chi connectivity index (χ1) is 11.9. The Bertz CT molecular complexity index is 747. The van der Waals surface area contributed by atoms with E-state index in [4.69, 9.17) is 12.2 Å². The summed E-state index contributed by atoms with van der Waals surface area (Å²) in [6.45, 7) is 2.17. The largest absolute Gasteiger partial charge is 0.332 e. The molecule has 0 aliphatic heterocycles. The molecule has 1 amide bonds. The summed E-state index contributed by atoms with van der Waals surface area (Å²) < 4.78 is 25.5. The lowest BCUT2D eigenvalue weighted by Gasteiger charge is -2.26. The number of nitrogens with one attached hydrogen (secondary N) is 2. The third kappa shape index (κ3) is 4.58. The van der Waals surface area contributed by atoms with Crippen LogP contribution >= 0.6 is 12.2 Å². The summed E-state index contributed by atoms with van der Waals surface area (Å²) in [4.78, 5) is 12.0. The fourth-order valence-electron chi connectivity index (χ4n) is 3.18. The van der Waals surface area contributed by atoms with Crippen molar-refractivity contribution in [1.29, 1.82) is 0 Å². The Morgan fingerprint density at radius 1 is 1.04 bits per heavy atom. The summed E-state index contributed by atoms with van der Waals surface area (Å²) in [5, 5.41) is 5.55. The minimum absolute atomic E-state index is 0.0526. The molecule has 0 unspecified atom stereocenters. The van der Waals surface area contributed by atoms with Crippen LogP contribution < -0.4 is 10.6 Å². The molecular weight excluding hydrogens is 356 g/mol. The summed E-state index contributed by atoms with van der Waals surface area (Å²) in [5.74, 6) is 0.651. The zero-order chi connectivity index (χ0) is 18.0. The van der Waals surface area contributed by atoms with Crippen molar-refractivity contribution in [2.24, 2.45) is 11.8 Å². The van der Waals surface area contributed by atoms with Crippen molar-refractivity contribution in [3.8, 4) is 0 Å². The SMILES string of the molecule is CC1CCC(S(=O)(=O)c2ccc(NC(=S)NC(=O)C3CC3)cc2)CC1. The van der Waals surface area contributed by atoms with E-state index in [9.17, 15) is 13.2 Å². The van der Waals surface area contributed by atoms with Crippen LogP contribution in [-0.2, 0) is 14.6 Å². The highest BCUT2D eigenvalue weighted by molar-refractivity contribution is 7.92. The zero-order valence-electron chi connectivity index (χ0n) is 14.3. The Hall–Kier alpha value is -1.47. The van der Waals surface area contributed by atoms with Crippen LogP contribution in [0.25, 0.3) is 0 Å². The zero-order valence-corrected chi connectivity index (χ0v) is 16.0. The average Bonchev–Trinajstić information content (AvgIpc) is 3.40. The molecule has 0 spiro atoms. The number of thiocarbonyl (C=S) groups is 1. The minimum Gasteiger partial charge on any atom is -0.332 e. The maximum Gasteiger partial charge on any atom is 0.229 e. The van der Waals surface area contributed by atoms with E-state index in [0.717, 1.165) is 38.5 Å². The number of hydrogen-bond donors (Lipinski definition) is 2. The van der Waals surface area contributed by atoms with Crippen molar-refractivity contribution in [1.82, 2.24) is 5.32 Å². The first-order valence-electron chi connectivity index (χ1n) is 8.82. The van der Waals surface area contributed by atoms with Gasteiger partial charge in [-0.2, -0.15) is 0 Å². The molecule has 2 saturated carbocycles. The van der Waals surface area contributed by atoms with Crippen LogP contribution in [0.1, 0.15) is 45.4 Å². The summed E-state index contributed by atoms with van der Waals surface area (Å²) in [6.07, 6.45) is 5.25. The lowest BCUT2D eigenvalue weighted by Crippen LogP contribution is -2.35. The molecule has 7 heteroatoms. The number of hydrogen-bond acceptors (Lipinski definition) is 4. The maximum atomic E-state index is 12.8. The van der Waals surface area contributed by atoms with Crippen molar-refractivity contribution < 1.29 is 13.2 Å². The molecule has 0 aromatic heterocycles. The topological polar surface area (TPSA) is 75.3 Å². The van der Waals surface area contributed by atoms with Gasteiger partial charge in [0.1, 0.15) is 0 Å². The van der Waals surface area contributed by atoms with Gasteiger partial charge in [0.2, 0.25) is 5.91 Å². The van der Waals surface area contributed by atoms with Crippen LogP contribution in [0.3, 0.4) is 0 Å². The van der Waals surface area contributed by atoms with Crippen LogP contribution in [0.15, 0.2) is 29.2 Å². The lowest BCUT2D eigenvalue weighted by molar-refractivity contribution is -0.120. The average molecular weight is 381 g/mol. The van der Waals surface area contributed by atoms with Gasteiger partial charge in [-0.1, -0.05) is 6.92 Å². The minimum atomic E-state index is -3.28. The van der Waals surface area contributed by atoms with E-state index in [2.05, 4.69) is 17.6 Å². The van der Waals surface area contributed by atoms with Crippen LogP contribution in [-0.4, -0.2) is 24.7 Å².